The highest BCUT2D eigenvalue weighted by molar-refractivity contribution is 7.92. The normalized spacial score (nSPS) is 19.4. The van der Waals surface area contributed by atoms with E-state index in [-0.39, 0.29) is 40.1 Å². The van der Waals surface area contributed by atoms with E-state index in [2.05, 4.69) is 0 Å². The van der Waals surface area contributed by atoms with Gasteiger partial charge < -0.3 is 0 Å². The lowest BCUT2D eigenvalue weighted by Gasteiger charge is -2.26. The standard InChI is InChI=1S/C11H11ClN2O4S2/c12-10-7-9(8-13)1-2-11(10)20(17,18)14-3-5-19(15,16)6-4-14/h1-2,7H,3-6H2. The Morgan fingerprint density at radius 2 is 1.85 bits per heavy atom. The molecule has 108 valence electrons. The largest absolute Gasteiger partial charge is 0.244 e. The van der Waals surface area contributed by atoms with Crippen molar-refractivity contribution >= 4 is 31.5 Å². The monoisotopic (exact) mass is 334 g/mol. The Morgan fingerprint density at radius 1 is 1.25 bits per heavy atom. The van der Waals surface area contributed by atoms with E-state index in [1.165, 1.54) is 18.2 Å². The zero-order valence-corrected chi connectivity index (χ0v) is 12.7. The van der Waals surface area contributed by atoms with Gasteiger partial charge in [0.15, 0.2) is 9.84 Å². The van der Waals surface area contributed by atoms with Gasteiger partial charge in [-0.1, -0.05) is 11.6 Å². The molecule has 2 rings (SSSR count). The molecule has 0 aromatic heterocycles. The van der Waals surface area contributed by atoms with E-state index >= 15 is 0 Å². The number of nitrogens with zero attached hydrogens (tertiary/aromatic N) is 2. The molecule has 0 bridgehead atoms. The van der Waals surface area contributed by atoms with Gasteiger partial charge in [0, 0.05) is 13.1 Å². The highest BCUT2D eigenvalue weighted by Gasteiger charge is 2.32. The first kappa shape index (κ1) is 15.3. The lowest BCUT2D eigenvalue weighted by molar-refractivity contribution is 0.431. The summed E-state index contributed by atoms with van der Waals surface area (Å²) in [7, 11) is -7.00. The van der Waals surface area contributed by atoms with Crippen LogP contribution < -0.4 is 0 Å². The molecule has 6 nitrogen and oxygen atoms in total. The van der Waals surface area contributed by atoms with Gasteiger partial charge in [-0.15, -0.1) is 0 Å². The van der Waals surface area contributed by atoms with Gasteiger partial charge in [0.2, 0.25) is 10.0 Å². The highest BCUT2D eigenvalue weighted by atomic mass is 35.5. The first-order valence-electron chi connectivity index (χ1n) is 5.66. The Bertz CT molecular complexity index is 767. The van der Waals surface area contributed by atoms with Crippen molar-refractivity contribution in [3.8, 4) is 6.07 Å². The van der Waals surface area contributed by atoms with Crippen LogP contribution in [0.25, 0.3) is 0 Å². The van der Waals surface area contributed by atoms with Gasteiger partial charge in [0.1, 0.15) is 4.90 Å². The molecular weight excluding hydrogens is 324 g/mol. The average molecular weight is 335 g/mol. The molecule has 0 amide bonds. The lowest BCUT2D eigenvalue weighted by atomic mass is 10.2. The van der Waals surface area contributed by atoms with Gasteiger partial charge in [-0.05, 0) is 18.2 Å². The van der Waals surface area contributed by atoms with E-state index in [9.17, 15) is 16.8 Å². The fourth-order valence-electron chi connectivity index (χ4n) is 1.85. The zero-order chi connectivity index (χ0) is 15.0. The summed E-state index contributed by atoms with van der Waals surface area (Å²) < 4.78 is 48.5. The van der Waals surface area contributed by atoms with E-state index in [1.54, 1.807) is 0 Å². The van der Waals surface area contributed by atoms with Crippen molar-refractivity contribution in [3.05, 3.63) is 28.8 Å². The second-order valence-corrected chi connectivity index (χ2v) is 8.93. The van der Waals surface area contributed by atoms with Crippen molar-refractivity contribution in [1.29, 1.82) is 5.26 Å². The Balaban J connectivity index is 2.35. The predicted octanol–water partition coefficient (Wildman–Crippen LogP) is 0.631. The summed E-state index contributed by atoms with van der Waals surface area (Å²) in [6.07, 6.45) is 0. The summed E-state index contributed by atoms with van der Waals surface area (Å²) in [5.41, 5.74) is 0.259. The summed E-state index contributed by atoms with van der Waals surface area (Å²) in [5.74, 6) is -0.389. The van der Waals surface area contributed by atoms with Gasteiger partial charge in [-0.2, -0.15) is 9.57 Å². The molecule has 1 aromatic carbocycles. The van der Waals surface area contributed by atoms with Crippen molar-refractivity contribution in [2.24, 2.45) is 0 Å². The van der Waals surface area contributed by atoms with Gasteiger partial charge in [0.25, 0.3) is 0 Å². The summed E-state index contributed by atoms with van der Waals surface area (Å²) in [5, 5.41) is 8.68. The van der Waals surface area contributed by atoms with Crippen LogP contribution in [0.15, 0.2) is 23.1 Å². The number of halogens is 1. The second-order valence-electron chi connectivity index (χ2n) is 4.31. The third kappa shape index (κ3) is 2.96. The fraction of sp³-hybridized carbons (Fsp3) is 0.364. The van der Waals surface area contributed by atoms with Crippen LogP contribution in [0, 0.1) is 11.3 Å². The molecule has 1 fully saturated rings. The van der Waals surface area contributed by atoms with E-state index in [4.69, 9.17) is 16.9 Å². The maximum Gasteiger partial charge on any atom is 0.244 e. The van der Waals surface area contributed by atoms with Crippen LogP contribution in [-0.2, 0) is 19.9 Å². The van der Waals surface area contributed by atoms with Gasteiger partial charge in [0.05, 0.1) is 28.2 Å². The van der Waals surface area contributed by atoms with Gasteiger partial charge >= 0.3 is 0 Å². The minimum absolute atomic E-state index is 0.0440. The van der Waals surface area contributed by atoms with Crippen molar-refractivity contribution in [2.75, 3.05) is 24.6 Å². The zero-order valence-electron chi connectivity index (χ0n) is 10.3. The van der Waals surface area contributed by atoms with Gasteiger partial charge in [-0.25, -0.2) is 16.8 Å². The number of sulfone groups is 1. The van der Waals surface area contributed by atoms with E-state index < -0.39 is 19.9 Å². The van der Waals surface area contributed by atoms with Gasteiger partial charge in [-0.3, -0.25) is 0 Å². The van der Waals surface area contributed by atoms with Crippen LogP contribution in [0.3, 0.4) is 0 Å². The third-order valence-electron chi connectivity index (χ3n) is 2.98. The maximum atomic E-state index is 12.4. The van der Waals surface area contributed by atoms with Crippen LogP contribution in [0.4, 0.5) is 0 Å². The van der Waals surface area contributed by atoms with Crippen molar-refractivity contribution < 1.29 is 16.8 Å². The van der Waals surface area contributed by atoms with E-state index in [1.807, 2.05) is 6.07 Å². The number of nitriles is 1. The number of hydrogen-bond donors (Lipinski definition) is 0. The molecule has 0 N–H and O–H groups in total. The molecular formula is C11H11ClN2O4S2. The first-order chi connectivity index (χ1) is 9.26. The minimum atomic E-state index is -3.84. The molecule has 9 heteroatoms. The SMILES string of the molecule is N#Cc1ccc(S(=O)(=O)N2CCS(=O)(=O)CC2)c(Cl)c1. The Labute approximate surface area is 122 Å². The van der Waals surface area contributed by atoms with Crippen molar-refractivity contribution in [3.63, 3.8) is 0 Å². The molecule has 0 spiro atoms. The molecule has 1 heterocycles. The second kappa shape index (κ2) is 5.33. The van der Waals surface area contributed by atoms with Crippen LogP contribution in [0.5, 0.6) is 0 Å². The molecule has 1 aliphatic rings. The molecule has 0 atom stereocenters. The molecule has 0 aliphatic carbocycles. The molecule has 0 saturated carbocycles. The number of benzene rings is 1. The fourth-order valence-corrected chi connectivity index (χ4v) is 5.25. The number of rotatable bonds is 2. The van der Waals surface area contributed by atoms with E-state index in [0.29, 0.717) is 0 Å². The highest BCUT2D eigenvalue weighted by Crippen LogP contribution is 2.26. The molecule has 20 heavy (non-hydrogen) atoms. The molecule has 1 saturated heterocycles. The summed E-state index contributed by atoms with van der Waals surface area (Å²) >= 11 is 5.89. The topological polar surface area (TPSA) is 95.3 Å². The predicted molar refractivity (Wildman–Crippen MR) is 73.6 cm³/mol. The summed E-state index contributed by atoms with van der Waals surface area (Å²) in [4.78, 5) is -0.113. The smallest absolute Gasteiger partial charge is 0.229 e. The quantitative estimate of drug-likeness (QED) is 0.790. The molecule has 1 aromatic rings. The summed E-state index contributed by atoms with van der Waals surface area (Å²) in [6.45, 7) is -0.165. The lowest BCUT2D eigenvalue weighted by Crippen LogP contribution is -2.43. The molecule has 0 radical (unpaired) electrons. The Hall–Kier alpha value is -1.14. The average Bonchev–Trinajstić information content (AvgIpc) is 2.37. The maximum absolute atomic E-state index is 12.4. The number of sulfonamides is 1. The summed E-state index contributed by atoms with van der Waals surface area (Å²) in [6, 6.07) is 5.76. The number of hydrogen-bond acceptors (Lipinski definition) is 5. The van der Waals surface area contributed by atoms with Crippen LogP contribution in [0.2, 0.25) is 5.02 Å². The van der Waals surface area contributed by atoms with Crippen LogP contribution >= 0.6 is 11.6 Å². The first-order valence-corrected chi connectivity index (χ1v) is 9.30. The Kier molecular flexibility index (Phi) is 4.07. The van der Waals surface area contributed by atoms with E-state index in [0.717, 1.165) is 4.31 Å². The molecule has 0 unspecified atom stereocenters. The van der Waals surface area contributed by atoms with Crippen LogP contribution in [0.1, 0.15) is 5.56 Å². The minimum Gasteiger partial charge on any atom is -0.229 e. The third-order valence-corrected chi connectivity index (χ3v) is 6.97. The van der Waals surface area contributed by atoms with Crippen molar-refractivity contribution in [1.82, 2.24) is 4.31 Å². The Morgan fingerprint density at radius 3 is 2.35 bits per heavy atom. The molecule has 1 aliphatic heterocycles. The van der Waals surface area contributed by atoms with Crippen molar-refractivity contribution in [2.45, 2.75) is 4.90 Å². The van der Waals surface area contributed by atoms with Crippen LogP contribution in [-0.4, -0.2) is 45.7 Å².